The van der Waals surface area contributed by atoms with Crippen LogP contribution in [0.5, 0.6) is 0 Å². The number of hydrogen-bond donors (Lipinski definition) is 1. The van der Waals surface area contributed by atoms with Gasteiger partial charge < -0.3 is 5.32 Å². The van der Waals surface area contributed by atoms with Crippen LogP contribution in [0.4, 0.5) is 0 Å². The summed E-state index contributed by atoms with van der Waals surface area (Å²) in [4.78, 5) is 4.38. The Morgan fingerprint density at radius 3 is 2.67 bits per heavy atom. The molecular formula is C14H26N4. The van der Waals surface area contributed by atoms with E-state index in [2.05, 4.69) is 29.2 Å². The van der Waals surface area contributed by atoms with Crippen LogP contribution in [-0.4, -0.2) is 27.4 Å². The van der Waals surface area contributed by atoms with E-state index in [-0.39, 0.29) is 0 Å². The van der Waals surface area contributed by atoms with Crippen molar-refractivity contribution in [2.75, 3.05) is 6.54 Å². The van der Waals surface area contributed by atoms with E-state index in [0.29, 0.717) is 11.5 Å². The van der Waals surface area contributed by atoms with E-state index in [0.717, 1.165) is 18.8 Å². The molecule has 1 N–H and O–H groups in total. The topological polar surface area (TPSA) is 42.7 Å². The minimum atomic E-state index is 0.417. The van der Waals surface area contributed by atoms with Gasteiger partial charge in [-0.15, -0.1) is 0 Å². The van der Waals surface area contributed by atoms with Crippen molar-refractivity contribution in [3.8, 4) is 0 Å². The maximum Gasteiger partial charge on any atom is 0.138 e. The van der Waals surface area contributed by atoms with Crippen molar-refractivity contribution in [2.45, 2.75) is 58.4 Å². The lowest BCUT2D eigenvalue weighted by molar-refractivity contribution is 0.142. The van der Waals surface area contributed by atoms with Crippen molar-refractivity contribution < 1.29 is 0 Å². The van der Waals surface area contributed by atoms with E-state index < -0.39 is 0 Å². The van der Waals surface area contributed by atoms with Gasteiger partial charge in [-0.1, -0.05) is 33.1 Å². The molecule has 1 fully saturated rings. The van der Waals surface area contributed by atoms with E-state index in [1.165, 1.54) is 32.1 Å². The van der Waals surface area contributed by atoms with Crippen LogP contribution >= 0.6 is 0 Å². The average molecular weight is 250 g/mol. The van der Waals surface area contributed by atoms with Gasteiger partial charge in [-0.2, -0.15) is 5.10 Å². The predicted octanol–water partition coefficient (Wildman–Crippen LogP) is 2.31. The molecule has 1 aliphatic rings. The summed E-state index contributed by atoms with van der Waals surface area (Å²) in [5, 5.41) is 7.85. The Labute approximate surface area is 110 Å². The summed E-state index contributed by atoms with van der Waals surface area (Å²) in [5.41, 5.74) is 0.417. The van der Waals surface area contributed by atoms with Crippen molar-refractivity contribution >= 4 is 0 Å². The fraction of sp³-hybridized carbons (Fsp3) is 0.857. The third-order valence-corrected chi connectivity index (χ3v) is 4.48. The van der Waals surface area contributed by atoms with E-state index >= 15 is 0 Å². The standard InChI is InChI=1S/C14H26N4/c1-4-15-12(10-13-16-11-17-18(13)3)14(2)8-6-5-7-9-14/h11-12,15H,4-10H2,1-3H3. The second kappa shape index (κ2) is 5.83. The Hall–Kier alpha value is -0.900. The number of aromatic nitrogens is 3. The summed E-state index contributed by atoms with van der Waals surface area (Å²) in [6.45, 7) is 5.66. The fourth-order valence-corrected chi connectivity index (χ4v) is 3.21. The Morgan fingerprint density at radius 1 is 1.39 bits per heavy atom. The van der Waals surface area contributed by atoms with Crippen LogP contribution in [0.15, 0.2) is 6.33 Å². The van der Waals surface area contributed by atoms with Crippen molar-refractivity contribution in [2.24, 2.45) is 12.5 Å². The molecule has 1 unspecified atom stereocenters. The number of hydrogen-bond acceptors (Lipinski definition) is 3. The van der Waals surface area contributed by atoms with Crippen LogP contribution in [0.3, 0.4) is 0 Å². The lowest BCUT2D eigenvalue weighted by atomic mass is 9.69. The first-order chi connectivity index (χ1) is 8.65. The first-order valence-electron chi connectivity index (χ1n) is 7.22. The Morgan fingerprint density at radius 2 is 2.11 bits per heavy atom. The zero-order valence-electron chi connectivity index (χ0n) is 11.9. The van der Waals surface area contributed by atoms with Crippen LogP contribution in [0, 0.1) is 5.41 Å². The van der Waals surface area contributed by atoms with E-state index in [1.54, 1.807) is 6.33 Å². The van der Waals surface area contributed by atoms with Crippen LogP contribution in [0.1, 0.15) is 51.8 Å². The van der Waals surface area contributed by atoms with Gasteiger partial charge in [0.1, 0.15) is 12.2 Å². The lowest BCUT2D eigenvalue weighted by Crippen LogP contribution is -2.46. The van der Waals surface area contributed by atoms with Crippen molar-refractivity contribution in [1.29, 1.82) is 0 Å². The zero-order chi connectivity index (χ0) is 13.0. The molecule has 1 aliphatic carbocycles. The molecule has 0 aliphatic heterocycles. The number of likely N-dealkylation sites (N-methyl/N-ethyl adjacent to an activating group) is 1. The highest BCUT2D eigenvalue weighted by Gasteiger charge is 2.35. The molecule has 1 heterocycles. The van der Waals surface area contributed by atoms with Gasteiger partial charge in [0.2, 0.25) is 0 Å². The number of aryl methyl sites for hydroxylation is 1. The molecule has 0 amide bonds. The molecule has 1 saturated carbocycles. The minimum Gasteiger partial charge on any atom is -0.313 e. The lowest BCUT2D eigenvalue weighted by Gasteiger charge is -2.41. The van der Waals surface area contributed by atoms with Gasteiger partial charge in [0, 0.05) is 19.5 Å². The molecule has 1 aromatic rings. The molecule has 0 spiro atoms. The number of nitrogens with one attached hydrogen (secondary N) is 1. The Bertz CT molecular complexity index is 366. The molecule has 2 rings (SSSR count). The van der Waals surface area contributed by atoms with E-state index in [1.807, 2.05) is 11.7 Å². The highest BCUT2D eigenvalue weighted by molar-refractivity contribution is 4.97. The molecule has 1 aromatic heterocycles. The average Bonchev–Trinajstić information content (AvgIpc) is 2.75. The quantitative estimate of drug-likeness (QED) is 0.872. The van der Waals surface area contributed by atoms with Gasteiger partial charge >= 0.3 is 0 Å². The SMILES string of the molecule is CCNC(Cc1ncnn1C)C1(C)CCCCC1. The highest BCUT2D eigenvalue weighted by Crippen LogP contribution is 2.39. The summed E-state index contributed by atoms with van der Waals surface area (Å²) in [7, 11) is 1.98. The first-order valence-corrected chi connectivity index (χ1v) is 7.22. The van der Waals surface area contributed by atoms with Crippen molar-refractivity contribution in [3.63, 3.8) is 0 Å². The summed E-state index contributed by atoms with van der Waals surface area (Å²) in [6, 6.07) is 0.519. The molecule has 0 aromatic carbocycles. The van der Waals surface area contributed by atoms with Gasteiger partial charge in [0.05, 0.1) is 0 Å². The van der Waals surface area contributed by atoms with Gasteiger partial charge in [-0.05, 0) is 24.8 Å². The minimum absolute atomic E-state index is 0.417. The maximum atomic E-state index is 4.38. The molecule has 18 heavy (non-hydrogen) atoms. The Kier molecular flexibility index (Phi) is 4.38. The first kappa shape index (κ1) is 13.5. The number of rotatable bonds is 5. The normalized spacial score (nSPS) is 20.8. The molecular weight excluding hydrogens is 224 g/mol. The molecule has 1 atom stereocenters. The summed E-state index contributed by atoms with van der Waals surface area (Å²) in [5.74, 6) is 1.09. The molecule has 4 heteroatoms. The van der Waals surface area contributed by atoms with E-state index in [4.69, 9.17) is 0 Å². The van der Waals surface area contributed by atoms with Gasteiger partial charge in [0.15, 0.2) is 0 Å². The summed E-state index contributed by atoms with van der Waals surface area (Å²) in [6.07, 6.45) is 9.46. The van der Waals surface area contributed by atoms with Crippen LogP contribution in [0.25, 0.3) is 0 Å². The molecule has 102 valence electrons. The molecule has 4 nitrogen and oxygen atoms in total. The van der Waals surface area contributed by atoms with Crippen molar-refractivity contribution in [1.82, 2.24) is 20.1 Å². The monoisotopic (exact) mass is 250 g/mol. The predicted molar refractivity (Wildman–Crippen MR) is 73.4 cm³/mol. The fourth-order valence-electron chi connectivity index (χ4n) is 3.21. The zero-order valence-corrected chi connectivity index (χ0v) is 11.9. The summed E-state index contributed by atoms with van der Waals surface area (Å²) < 4.78 is 1.90. The van der Waals surface area contributed by atoms with Crippen LogP contribution in [0.2, 0.25) is 0 Å². The molecule has 0 bridgehead atoms. The van der Waals surface area contributed by atoms with Gasteiger partial charge in [0.25, 0.3) is 0 Å². The van der Waals surface area contributed by atoms with E-state index in [9.17, 15) is 0 Å². The second-order valence-electron chi connectivity index (χ2n) is 5.83. The Balaban J connectivity index is 2.09. The smallest absolute Gasteiger partial charge is 0.138 e. The van der Waals surface area contributed by atoms with Gasteiger partial charge in [-0.3, -0.25) is 4.68 Å². The maximum absolute atomic E-state index is 4.38. The molecule has 0 saturated heterocycles. The third kappa shape index (κ3) is 2.91. The highest BCUT2D eigenvalue weighted by atomic mass is 15.3. The largest absolute Gasteiger partial charge is 0.313 e. The second-order valence-corrected chi connectivity index (χ2v) is 5.83. The van der Waals surface area contributed by atoms with Crippen molar-refractivity contribution in [3.05, 3.63) is 12.2 Å². The number of nitrogens with zero attached hydrogens (tertiary/aromatic N) is 3. The van der Waals surface area contributed by atoms with Gasteiger partial charge in [-0.25, -0.2) is 4.98 Å². The third-order valence-electron chi connectivity index (χ3n) is 4.48. The van der Waals surface area contributed by atoms with Crippen LogP contribution in [-0.2, 0) is 13.5 Å². The summed E-state index contributed by atoms with van der Waals surface area (Å²) >= 11 is 0. The van der Waals surface area contributed by atoms with Crippen LogP contribution < -0.4 is 5.32 Å². The molecule has 0 radical (unpaired) electrons.